The summed E-state index contributed by atoms with van der Waals surface area (Å²) in [6, 6.07) is 30.3. The van der Waals surface area contributed by atoms with Crippen LogP contribution in [-0.2, 0) is 24.4 Å². The minimum absolute atomic E-state index is 0.0349. The fourth-order valence-electron chi connectivity index (χ4n) is 3.85. The molecule has 1 atom stereocenters. The highest BCUT2D eigenvalue weighted by Gasteiger charge is 2.17. The highest BCUT2D eigenvalue weighted by molar-refractivity contribution is 6.33. The first-order valence-electron chi connectivity index (χ1n) is 12.3. The van der Waals surface area contributed by atoms with Crippen LogP contribution in [-0.4, -0.2) is 24.7 Å². The van der Waals surface area contributed by atoms with E-state index in [0.29, 0.717) is 46.6 Å². The Morgan fingerprint density at radius 1 is 0.842 bits per heavy atom. The standard InChI is InChI=1S/C31H30ClNO5/c1-36-31-28(38-21-23-10-6-3-7-11-23)17-14-25(30(31)32)18-29(35)33-19-27(34)24-12-15-26(16-13-24)37-20-22-8-4-2-5-9-22/h2-17,27,34H,18-21H2,1H3,(H,33,35). The molecule has 0 bridgehead atoms. The number of halogens is 1. The number of aliphatic hydroxyl groups excluding tert-OH is 1. The number of amides is 1. The highest BCUT2D eigenvalue weighted by Crippen LogP contribution is 2.38. The van der Waals surface area contributed by atoms with Gasteiger partial charge in [-0.3, -0.25) is 4.79 Å². The van der Waals surface area contributed by atoms with Gasteiger partial charge in [-0.25, -0.2) is 0 Å². The maximum Gasteiger partial charge on any atom is 0.224 e. The summed E-state index contributed by atoms with van der Waals surface area (Å²) in [5.74, 6) is 1.31. The summed E-state index contributed by atoms with van der Waals surface area (Å²) in [5.41, 5.74) is 3.37. The molecule has 1 amide bonds. The predicted molar refractivity (Wildman–Crippen MR) is 148 cm³/mol. The Bertz CT molecular complexity index is 1310. The third kappa shape index (κ3) is 7.51. The molecule has 196 valence electrons. The lowest BCUT2D eigenvalue weighted by Crippen LogP contribution is -2.29. The summed E-state index contributed by atoms with van der Waals surface area (Å²) in [4.78, 5) is 12.6. The normalized spacial score (nSPS) is 11.4. The summed E-state index contributed by atoms with van der Waals surface area (Å²) >= 11 is 6.53. The first-order valence-corrected chi connectivity index (χ1v) is 12.6. The SMILES string of the molecule is COc1c(OCc2ccccc2)ccc(CC(=O)NCC(O)c2ccc(OCc3ccccc3)cc2)c1Cl. The number of ether oxygens (including phenoxy) is 3. The summed E-state index contributed by atoms with van der Waals surface area (Å²) in [6.45, 7) is 0.897. The summed E-state index contributed by atoms with van der Waals surface area (Å²) in [7, 11) is 1.51. The van der Waals surface area contributed by atoms with Crippen molar-refractivity contribution in [3.05, 3.63) is 124 Å². The van der Waals surface area contributed by atoms with Crippen LogP contribution in [0.25, 0.3) is 0 Å². The van der Waals surface area contributed by atoms with Crippen LogP contribution in [0.15, 0.2) is 97.1 Å². The lowest BCUT2D eigenvalue weighted by Gasteiger charge is -2.16. The number of hydrogen-bond acceptors (Lipinski definition) is 5. The molecule has 1 unspecified atom stereocenters. The van der Waals surface area contributed by atoms with Crippen molar-refractivity contribution in [1.82, 2.24) is 5.32 Å². The minimum Gasteiger partial charge on any atom is -0.491 e. The molecule has 0 aliphatic carbocycles. The second-order valence-corrected chi connectivity index (χ2v) is 9.06. The van der Waals surface area contributed by atoms with E-state index in [0.717, 1.165) is 11.1 Å². The molecule has 4 rings (SSSR count). The molecule has 4 aromatic carbocycles. The lowest BCUT2D eigenvalue weighted by atomic mass is 10.1. The maximum atomic E-state index is 12.6. The summed E-state index contributed by atoms with van der Waals surface area (Å²) < 4.78 is 17.1. The maximum absolute atomic E-state index is 12.6. The van der Waals surface area contributed by atoms with E-state index in [1.54, 1.807) is 36.4 Å². The smallest absolute Gasteiger partial charge is 0.224 e. The van der Waals surface area contributed by atoms with E-state index in [1.165, 1.54) is 7.11 Å². The molecule has 0 radical (unpaired) electrons. The van der Waals surface area contributed by atoms with Gasteiger partial charge in [0.15, 0.2) is 11.5 Å². The van der Waals surface area contributed by atoms with E-state index in [4.69, 9.17) is 25.8 Å². The topological polar surface area (TPSA) is 77.0 Å². The molecule has 4 aromatic rings. The van der Waals surface area contributed by atoms with Gasteiger partial charge in [-0.2, -0.15) is 0 Å². The summed E-state index contributed by atoms with van der Waals surface area (Å²) in [6.07, 6.45) is -0.825. The van der Waals surface area contributed by atoms with Crippen molar-refractivity contribution in [2.45, 2.75) is 25.7 Å². The molecule has 0 spiro atoms. The van der Waals surface area contributed by atoms with E-state index in [2.05, 4.69) is 5.32 Å². The van der Waals surface area contributed by atoms with Gasteiger partial charge in [-0.15, -0.1) is 0 Å². The number of carbonyl (C=O) groups excluding carboxylic acids is 1. The minimum atomic E-state index is -0.860. The van der Waals surface area contributed by atoms with E-state index < -0.39 is 6.10 Å². The van der Waals surface area contributed by atoms with Crippen LogP contribution in [0.1, 0.15) is 28.4 Å². The summed E-state index contributed by atoms with van der Waals surface area (Å²) in [5, 5.41) is 13.6. The van der Waals surface area contributed by atoms with Crippen molar-refractivity contribution >= 4 is 17.5 Å². The van der Waals surface area contributed by atoms with Crippen molar-refractivity contribution in [3.63, 3.8) is 0 Å². The van der Waals surface area contributed by atoms with Crippen molar-refractivity contribution in [2.24, 2.45) is 0 Å². The molecule has 2 N–H and O–H groups in total. The van der Waals surface area contributed by atoms with Gasteiger partial charge in [-0.05, 0) is 40.5 Å². The number of benzene rings is 4. The van der Waals surface area contributed by atoms with Crippen LogP contribution in [0, 0.1) is 0 Å². The van der Waals surface area contributed by atoms with Crippen molar-refractivity contribution in [1.29, 1.82) is 0 Å². The zero-order valence-corrected chi connectivity index (χ0v) is 21.9. The van der Waals surface area contributed by atoms with Crippen LogP contribution in [0.3, 0.4) is 0 Å². The highest BCUT2D eigenvalue weighted by atomic mass is 35.5. The Balaban J connectivity index is 1.28. The van der Waals surface area contributed by atoms with Crippen molar-refractivity contribution in [3.8, 4) is 17.2 Å². The zero-order chi connectivity index (χ0) is 26.7. The number of aliphatic hydroxyl groups is 1. The number of methoxy groups -OCH3 is 1. The Morgan fingerprint density at radius 2 is 1.45 bits per heavy atom. The molecule has 0 heterocycles. The van der Waals surface area contributed by atoms with Gasteiger partial charge in [0.2, 0.25) is 5.91 Å². The van der Waals surface area contributed by atoms with Gasteiger partial charge >= 0.3 is 0 Å². The molecule has 7 heteroatoms. The van der Waals surface area contributed by atoms with E-state index in [-0.39, 0.29) is 18.9 Å². The van der Waals surface area contributed by atoms with Gasteiger partial charge in [0, 0.05) is 6.54 Å². The largest absolute Gasteiger partial charge is 0.491 e. The first kappa shape index (κ1) is 27.0. The average molecular weight is 532 g/mol. The molecular formula is C31H30ClNO5. The molecule has 6 nitrogen and oxygen atoms in total. The van der Waals surface area contributed by atoms with E-state index in [1.807, 2.05) is 60.7 Å². The first-order chi connectivity index (χ1) is 18.5. The Kier molecular flexibility index (Phi) is 9.62. The lowest BCUT2D eigenvalue weighted by molar-refractivity contribution is -0.120. The Labute approximate surface area is 227 Å². The number of rotatable bonds is 12. The third-order valence-electron chi connectivity index (χ3n) is 5.94. The molecule has 0 aromatic heterocycles. The van der Waals surface area contributed by atoms with Gasteiger partial charge in [0.1, 0.15) is 19.0 Å². The molecule has 0 saturated carbocycles. The van der Waals surface area contributed by atoms with Gasteiger partial charge in [-0.1, -0.05) is 90.5 Å². The molecule has 0 aliphatic heterocycles. The monoisotopic (exact) mass is 531 g/mol. The average Bonchev–Trinajstić information content (AvgIpc) is 2.96. The molecule has 38 heavy (non-hydrogen) atoms. The van der Waals surface area contributed by atoms with Crippen LogP contribution >= 0.6 is 11.6 Å². The quantitative estimate of drug-likeness (QED) is 0.238. The van der Waals surface area contributed by atoms with Crippen molar-refractivity contribution in [2.75, 3.05) is 13.7 Å². The Hall–Kier alpha value is -4.00. The van der Waals surface area contributed by atoms with Crippen LogP contribution < -0.4 is 19.5 Å². The Morgan fingerprint density at radius 3 is 2.05 bits per heavy atom. The molecule has 0 saturated heterocycles. The predicted octanol–water partition coefficient (Wildman–Crippen LogP) is 5.90. The number of hydrogen-bond donors (Lipinski definition) is 2. The molecular weight excluding hydrogens is 502 g/mol. The second kappa shape index (κ2) is 13.5. The van der Waals surface area contributed by atoms with Crippen LogP contribution in [0.5, 0.6) is 17.2 Å². The van der Waals surface area contributed by atoms with Crippen LogP contribution in [0.2, 0.25) is 5.02 Å². The van der Waals surface area contributed by atoms with E-state index >= 15 is 0 Å². The zero-order valence-electron chi connectivity index (χ0n) is 21.1. The van der Waals surface area contributed by atoms with E-state index in [9.17, 15) is 9.90 Å². The number of carbonyl (C=O) groups is 1. The van der Waals surface area contributed by atoms with Gasteiger partial charge in [0.05, 0.1) is 24.7 Å². The third-order valence-corrected chi connectivity index (χ3v) is 6.35. The van der Waals surface area contributed by atoms with Gasteiger partial charge in [0.25, 0.3) is 0 Å². The fourth-order valence-corrected chi connectivity index (χ4v) is 4.15. The fraction of sp³-hybridized carbons (Fsp3) is 0.194. The second-order valence-electron chi connectivity index (χ2n) is 8.68. The van der Waals surface area contributed by atoms with Crippen LogP contribution in [0.4, 0.5) is 0 Å². The molecule has 0 aliphatic rings. The van der Waals surface area contributed by atoms with Crippen molar-refractivity contribution < 1.29 is 24.1 Å². The number of nitrogens with one attached hydrogen (secondary N) is 1. The molecule has 0 fully saturated rings. The van der Waals surface area contributed by atoms with Gasteiger partial charge < -0.3 is 24.6 Å².